The van der Waals surface area contributed by atoms with Gasteiger partial charge in [-0.25, -0.2) is 0 Å². The van der Waals surface area contributed by atoms with Crippen LogP contribution in [0.25, 0.3) is 6.08 Å². The molecule has 122 valence electrons. The molecule has 0 aromatic heterocycles. The number of amides is 2. The molecule has 3 rings (SSSR count). The van der Waals surface area contributed by atoms with E-state index in [2.05, 4.69) is 51.2 Å². The molecule has 23 heavy (non-hydrogen) atoms. The highest BCUT2D eigenvalue weighted by Gasteiger charge is 2.28. The minimum atomic E-state index is -0.321. The number of benzene rings is 1. The Balaban J connectivity index is 1.92. The summed E-state index contributed by atoms with van der Waals surface area (Å²) in [6.45, 7) is 1.95. The second kappa shape index (κ2) is 6.67. The van der Waals surface area contributed by atoms with Crippen molar-refractivity contribution in [2.75, 3.05) is 32.1 Å². The topological polar surface area (TPSA) is 52.6 Å². The Morgan fingerprint density at radius 1 is 1.39 bits per heavy atom. The third kappa shape index (κ3) is 3.62. The number of hydrogen-bond donors (Lipinski definition) is 1. The third-order valence-corrected chi connectivity index (χ3v) is 5.46. The fraction of sp³-hybridized carbons (Fsp3) is 0.375. The maximum absolute atomic E-state index is 11.8. The van der Waals surface area contributed by atoms with E-state index < -0.39 is 0 Å². The largest absolute Gasteiger partial charge is 0.369 e. The number of carbonyl (C=O) groups is 2. The molecule has 2 saturated heterocycles. The van der Waals surface area contributed by atoms with Crippen LogP contribution in [-0.2, 0) is 4.79 Å². The zero-order valence-electron chi connectivity index (χ0n) is 13.0. The molecule has 0 spiro atoms. The molecule has 1 aromatic carbocycles. The van der Waals surface area contributed by atoms with Gasteiger partial charge in [0.25, 0.3) is 11.1 Å². The van der Waals surface area contributed by atoms with Crippen LogP contribution in [0, 0.1) is 0 Å². The van der Waals surface area contributed by atoms with Gasteiger partial charge in [-0.1, -0.05) is 15.9 Å². The van der Waals surface area contributed by atoms with Crippen LogP contribution in [0.4, 0.5) is 10.5 Å². The smallest absolute Gasteiger partial charge is 0.290 e. The fourth-order valence-electron chi connectivity index (χ4n) is 2.87. The molecule has 0 aliphatic carbocycles. The summed E-state index contributed by atoms with van der Waals surface area (Å²) >= 11 is 4.44. The van der Waals surface area contributed by atoms with Gasteiger partial charge in [0.2, 0.25) is 0 Å². The fourth-order valence-corrected chi connectivity index (χ4v) is 3.93. The maximum atomic E-state index is 11.8. The summed E-state index contributed by atoms with van der Waals surface area (Å²) in [5.41, 5.74) is 2.05. The second-order valence-electron chi connectivity index (χ2n) is 5.91. The molecule has 1 atom stereocenters. The normalized spacial score (nSPS) is 23.2. The molecule has 2 heterocycles. The SMILES string of the molecule is CN(C)[C@H]1CCN(c2ccc(Br)cc2C=C2SC(=O)NC2=O)C1. The van der Waals surface area contributed by atoms with Gasteiger partial charge >= 0.3 is 0 Å². The van der Waals surface area contributed by atoms with Crippen molar-refractivity contribution in [3.05, 3.63) is 33.1 Å². The lowest BCUT2D eigenvalue weighted by Crippen LogP contribution is -2.31. The van der Waals surface area contributed by atoms with E-state index in [1.54, 1.807) is 6.08 Å². The zero-order chi connectivity index (χ0) is 16.6. The van der Waals surface area contributed by atoms with Gasteiger partial charge in [0.15, 0.2) is 0 Å². The highest BCUT2D eigenvalue weighted by Crippen LogP contribution is 2.33. The second-order valence-corrected chi connectivity index (χ2v) is 7.84. The molecule has 1 aromatic rings. The Morgan fingerprint density at radius 3 is 2.78 bits per heavy atom. The number of nitrogens with zero attached hydrogens (tertiary/aromatic N) is 2. The van der Waals surface area contributed by atoms with Gasteiger partial charge in [-0.05, 0) is 56.6 Å². The van der Waals surface area contributed by atoms with Crippen LogP contribution in [0.1, 0.15) is 12.0 Å². The van der Waals surface area contributed by atoms with Gasteiger partial charge in [0.05, 0.1) is 4.91 Å². The van der Waals surface area contributed by atoms with Crippen molar-refractivity contribution < 1.29 is 9.59 Å². The third-order valence-electron chi connectivity index (χ3n) is 4.15. The van der Waals surface area contributed by atoms with Crippen molar-refractivity contribution >= 4 is 50.6 Å². The molecular formula is C16H18BrN3O2S. The molecule has 2 aliphatic rings. The maximum Gasteiger partial charge on any atom is 0.290 e. The summed E-state index contributed by atoms with van der Waals surface area (Å²) in [4.78, 5) is 28.2. The van der Waals surface area contributed by atoms with Crippen molar-refractivity contribution in [3.63, 3.8) is 0 Å². The summed E-state index contributed by atoms with van der Waals surface area (Å²) in [6, 6.07) is 6.59. The summed E-state index contributed by atoms with van der Waals surface area (Å²) in [5.74, 6) is -0.321. The van der Waals surface area contributed by atoms with E-state index in [0.717, 1.165) is 47.0 Å². The van der Waals surface area contributed by atoms with Crippen LogP contribution in [0.2, 0.25) is 0 Å². The van der Waals surface area contributed by atoms with Crippen molar-refractivity contribution in [2.45, 2.75) is 12.5 Å². The van der Waals surface area contributed by atoms with Gasteiger partial charge in [0, 0.05) is 34.9 Å². The quantitative estimate of drug-likeness (QED) is 0.797. The molecule has 5 nitrogen and oxygen atoms in total. The summed E-state index contributed by atoms with van der Waals surface area (Å²) in [6.07, 6.45) is 2.92. The van der Waals surface area contributed by atoms with E-state index in [4.69, 9.17) is 0 Å². The van der Waals surface area contributed by atoms with Gasteiger partial charge in [-0.3, -0.25) is 14.9 Å². The molecule has 1 N–H and O–H groups in total. The Hall–Kier alpha value is -1.31. The Bertz CT molecular complexity index is 690. The van der Waals surface area contributed by atoms with E-state index in [9.17, 15) is 9.59 Å². The number of hydrogen-bond acceptors (Lipinski definition) is 5. The van der Waals surface area contributed by atoms with Crippen molar-refractivity contribution in [1.29, 1.82) is 0 Å². The summed E-state index contributed by atoms with van der Waals surface area (Å²) in [5, 5.41) is 1.98. The number of halogens is 1. The highest BCUT2D eigenvalue weighted by molar-refractivity contribution is 9.10. The van der Waals surface area contributed by atoms with E-state index in [1.165, 1.54) is 0 Å². The molecule has 7 heteroatoms. The number of imide groups is 1. The first kappa shape index (κ1) is 16.5. The Morgan fingerprint density at radius 2 is 2.17 bits per heavy atom. The molecule has 0 unspecified atom stereocenters. The summed E-state index contributed by atoms with van der Waals surface area (Å²) < 4.78 is 0.950. The monoisotopic (exact) mass is 395 g/mol. The lowest BCUT2D eigenvalue weighted by Gasteiger charge is -2.23. The van der Waals surface area contributed by atoms with Crippen molar-refractivity contribution in [2.24, 2.45) is 0 Å². The van der Waals surface area contributed by atoms with Crippen LogP contribution in [-0.4, -0.2) is 49.3 Å². The van der Waals surface area contributed by atoms with Crippen LogP contribution in [0.3, 0.4) is 0 Å². The number of anilines is 1. The number of likely N-dealkylation sites (N-methyl/N-ethyl adjacent to an activating group) is 1. The lowest BCUT2D eigenvalue weighted by molar-refractivity contribution is -0.115. The van der Waals surface area contributed by atoms with Crippen molar-refractivity contribution in [1.82, 2.24) is 10.2 Å². The van der Waals surface area contributed by atoms with Gasteiger partial charge < -0.3 is 9.80 Å². The van der Waals surface area contributed by atoms with E-state index in [-0.39, 0.29) is 11.1 Å². The van der Waals surface area contributed by atoms with E-state index in [0.29, 0.717) is 10.9 Å². The van der Waals surface area contributed by atoms with Crippen LogP contribution >= 0.6 is 27.7 Å². The molecule has 0 radical (unpaired) electrons. The van der Waals surface area contributed by atoms with Gasteiger partial charge in [-0.2, -0.15) is 0 Å². The number of rotatable bonds is 3. The first-order valence-corrected chi connectivity index (χ1v) is 9.01. The van der Waals surface area contributed by atoms with Crippen molar-refractivity contribution in [3.8, 4) is 0 Å². The minimum absolute atomic E-state index is 0.313. The summed E-state index contributed by atoms with van der Waals surface area (Å²) in [7, 11) is 4.20. The number of carbonyl (C=O) groups excluding carboxylic acids is 2. The van der Waals surface area contributed by atoms with Gasteiger partial charge in [-0.15, -0.1) is 0 Å². The predicted octanol–water partition coefficient (Wildman–Crippen LogP) is 2.91. The van der Waals surface area contributed by atoms with E-state index in [1.807, 2.05) is 12.1 Å². The first-order valence-electron chi connectivity index (χ1n) is 7.40. The standard InChI is InChI=1S/C16H18BrN3O2S/c1-19(2)12-5-6-20(9-12)13-4-3-11(17)7-10(13)8-14-15(21)18-16(22)23-14/h3-4,7-8,12H,5-6,9H2,1-2H3,(H,18,21,22)/t12-/m0/s1. The first-order chi connectivity index (χ1) is 10.9. The van der Waals surface area contributed by atoms with Crippen LogP contribution in [0.15, 0.2) is 27.6 Å². The molecule has 0 bridgehead atoms. The van der Waals surface area contributed by atoms with Crippen LogP contribution in [0.5, 0.6) is 0 Å². The molecular weight excluding hydrogens is 378 g/mol. The molecule has 2 aliphatic heterocycles. The average Bonchev–Trinajstić information content (AvgIpc) is 3.07. The van der Waals surface area contributed by atoms with E-state index >= 15 is 0 Å². The number of nitrogens with one attached hydrogen (secondary N) is 1. The molecule has 2 fully saturated rings. The Labute approximate surface area is 148 Å². The molecule has 2 amide bonds. The zero-order valence-corrected chi connectivity index (χ0v) is 15.4. The average molecular weight is 396 g/mol. The number of thioether (sulfide) groups is 1. The minimum Gasteiger partial charge on any atom is -0.369 e. The van der Waals surface area contributed by atoms with Crippen LogP contribution < -0.4 is 10.2 Å². The molecule has 0 saturated carbocycles. The highest BCUT2D eigenvalue weighted by atomic mass is 79.9. The van der Waals surface area contributed by atoms with Gasteiger partial charge in [0.1, 0.15) is 0 Å². The predicted molar refractivity (Wildman–Crippen MR) is 97.6 cm³/mol. The Kier molecular flexibility index (Phi) is 4.79. The lowest BCUT2D eigenvalue weighted by atomic mass is 10.1.